The number of likely N-dealkylation sites (N-methyl/N-ethyl adjacent to an activating group) is 1. The molecule has 1 aromatic rings. The highest BCUT2D eigenvalue weighted by Crippen LogP contribution is 2.21. The first-order valence-electron chi connectivity index (χ1n) is 6.05. The lowest BCUT2D eigenvalue weighted by Gasteiger charge is -2.25. The summed E-state index contributed by atoms with van der Waals surface area (Å²) in [6, 6.07) is -0.443. The molecule has 0 fully saturated rings. The molecule has 2 atom stereocenters. The molecule has 1 heterocycles. The van der Waals surface area contributed by atoms with E-state index in [1.54, 1.807) is 25.3 Å². The highest BCUT2D eigenvalue weighted by atomic mass is 32.1. The molecule has 18 heavy (non-hydrogen) atoms. The van der Waals surface area contributed by atoms with Gasteiger partial charge in [-0.2, -0.15) is 0 Å². The fourth-order valence-electron chi connectivity index (χ4n) is 1.44. The highest BCUT2D eigenvalue weighted by Gasteiger charge is 2.20. The lowest BCUT2D eigenvalue weighted by Crippen LogP contribution is -2.45. The topological polar surface area (TPSA) is 65.5 Å². The minimum atomic E-state index is -0.194. The molecule has 0 bridgehead atoms. The van der Waals surface area contributed by atoms with Crippen molar-refractivity contribution < 1.29 is 9.90 Å². The molecular formula is C12H21N3O2S. The molecule has 0 saturated carbocycles. The molecule has 0 saturated heterocycles. The average molecular weight is 271 g/mol. The molecule has 0 radical (unpaired) electrons. The van der Waals surface area contributed by atoms with Gasteiger partial charge in [0.15, 0.2) is 0 Å². The Morgan fingerprint density at radius 2 is 2.33 bits per heavy atom. The van der Waals surface area contributed by atoms with Crippen LogP contribution >= 0.6 is 11.3 Å². The molecule has 5 nitrogen and oxygen atoms in total. The predicted molar refractivity (Wildman–Crippen MR) is 72.7 cm³/mol. The maximum atomic E-state index is 12.0. The van der Waals surface area contributed by atoms with Crippen molar-refractivity contribution in [3.63, 3.8) is 0 Å². The second-order valence-corrected chi connectivity index (χ2v) is 5.27. The molecule has 1 rings (SSSR count). The van der Waals surface area contributed by atoms with Crippen LogP contribution in [0.1, 0.15) is 37.0 Å². The number of hydrogen-bond donors (Lipinski definition) is 2. The molecule has 102 valence electrons. The van der Waals surface area contributed by atoms with Crippen LogP contribution in [0.4, 0.5) is 4.79 Å². The molecule has 2 amide bonds. The Kier molecular flexibility index (Phi) is 5.55. The molecule has 0 aliphatic rings. The third-order valence-electron chi connectivity index (χ3n) is 2.89. The van der Waals surface area contributed by atoms with E-state index < -0.39 is 0 Å². The zero-order valence-corrected chi connectivity index (χ0v) is 12.1. The van der Waals surface area contributed by atoms with Gasteiger partial charge in [0.25, 0.3) is 0 Å². The van der Waals surface area contributed by atoms with E-state index in [4.69, 9.17) is 5.11 Å². The van der Waals surface area contributed by atoms with E-state index in [0.29, 0.717) is 0 Å². The highest BCUT2D eigenvalue weighted by molar-refractivity contribution is 7.09. The number of aromatic nitrogens is 1. The second-order valence-electron chi connectivity index (χ2n) is 4.38. The van der Waals surface area contributed by atoms with Crippen molar-refractivity contribution in [2.24, 2.45) is 0 Å². The summed E-state index contributed by atoms with van der Waals surface area (Å²) in [6.45, 7) is 5.71. The van der Waals surface area contributed by atoms with Gasteiger partial charge in [-0.1, -0.05) is 6.92 Å². The van der Waals surface area contributed by atoms with Gasteiger partial charge in [0.2, 0.25) is 0 Å². The quantitative estimate of drug-likeness (QED) is 0.860. The number of urea groups is 1. The van der Waals surface area contributed by atoms with Crippen LogP contribution < -0.4 is 5.32 Å². The summed E-state index contributed by atoms with van der Waals surface area (Å²) in [6.07, 6.45) is 0.792. The number of aliphatic hydroxyl groups is 1. The monoisotopic (exact) mass is 271 g/mol. The van der Waals surface area contributed by atoms with Crippen LogP contribution in [0.3, 0.4) is 0 Å². The number of thiazole rings is 1. The standard InChI is InChI=1S/C12H21N3O2S/c1-5-10(11-13-8(2)7-18-11)14-12(17)15(4)9(3)6-16/h7,9-10,16H,5-6H2,1-4H3,(H,14,17). The van der Waals surface area contributed by atoms with Gasteiger partial charge in [0, 0.05) is 18.1 Å². The first-order chi connectivity index (χ1) is 8.49. The number of carbonyl (C=O) groups is 1. The summed E-state index contributed by atoms with van der Waals surface area (Å²) in [5.74, 6) is 0. The number of hydrogen-bond acceptors (Lipinski definition) is 4. The van der Waals surface area contributed by atoms with E-state index in [2.05, 4.69) is 10.3 Å². The van der Waals surface area contributed by atoms with E-state index in [1.165, 1.54) is 4.90 Å². The fraction of sp³-hybridized carbons (Fsp3) is 0.667. The van der Waals surface area contributed by atoms with Crippen LogP contribution in [0.15, 0.2) is 5.38 Å². The summed E-state index contributed by atoms with van der Waals surface area (Å²) < 4.78 is 0. The largest absolute Gasteiger partial charge is 0.394 e. The first-order valence-corrected chi connectivity index (χ1v) is 6.93. The Morgan fingerprint density at radius 1 is 1.67 bits per heavy atom. The number of nitrogens with zero attached hydrogens (tertiary/aromatic N) is 2. The number of nitrogens with one attached hydrogen (secondary N) is 1. The van der Waals surface area contributed by atoms with Crippen LogP contribution in [-0.4, -0.2) is 40.7 Å². The molecule has 1 aromatic heterocycles. The van der Waals surface area contributed by atoms with Crippen molar-refractivity contribution in [1.82, 2.24) is 15.2 Å². The van der Waals surface area contributed by atoms with Crippen molar-refractivity contribution in [2.45, 2.75) is 39.3 Å². The smallest absolute Gasteiger partial charge is 0.318 e. The van der Waals surface area contributed by atoms with Gasteiger partial charge in [0.1, 0.15) is 5.01 Å². The Bertz CT molecular complexity index is 394. The first kappa shape index (κ1) is 14.9. The van der Waals surface area contributed by atoms with Gasteiger partial charge in [0.05, 0.1) is 18.7 Å². The van der Waals surface area contributed by atoms with Gasteiger partial charge >= 0.3 is 6.03 Å². The number of amides is 2. The summed E-state index contributed by atoms with van der Waals surface area (Å²) in [7, 11) is 1.68. The normalized spacial score (nSPS) is 14.1. The van der Waals surface area contributed by atoms with E-state index in [9.17, 15) is 4.79 Å². The molecule has 0 aromatic carbocycles. The number of carbonyl (C=O) groups excluding carboxylic acids is 1. The average Bonchev–Trinajstić information content (AvgIpc) is 2.80. The predicted octanol–water partition coefficient (Wildman–Crippen LogP) is 1.92. The van der Waals surface area contributed by atoms with Crippen LogP contribution in [0, 0.1) is 6.92 Å². The van der Waals surface area contributed by atoms with Crippen molar-refractivity contribution in [3.8, 4) is 0 Å². The van der Waals surface area contributed by atoms with Gasteiger partial charge in [-0.15, -0.1) is 11.3 Å². The zero-order valence-electron chi connectivity index (χ0n) is 11.3. The fourth-order valence-corrected chi connectivity index (χ4v) is 2.37. The summed E-state index contributed by atoms with van der Waals surface area (Å²) in [5.41, 5.74) is 0.972. The van der Waals surface area contributed by atoms with Gasteiger partial charge in [-0.25, -0.2) is 9.78 Å². The Labute approximate surface area is 112 Å². The second kappa shape index (κ2) is 6.70. The molecular weight excluding hydrogens is 250 g/mol. The van der Waals surface area contributed by atoms with Crippen LogP contribution in [0.5, 0.6) is 0 Å². The van der Waals surface area contributed by atoms with Gasteiger partial charge in [-0.05, 0) is 20.3 Å². The van der Waals surface area contributed by atoms with Crippen LogP contribution in [-0.2, 0) is 0 Å². The van der Waals surface area contributed by atoms with Crippen molar-refractivity contribution >= 4 is 17.4 Å². The third-order valence-corrected chi connectivity index (χ3v) is 3.96. The van der Waals surface area contributed by atoms with E-state index >= 15 is 0 Å². The Morgan fingerprint density at radius 3 is 2.78 bits per heavy atom. The minimum absolute atomic E-state index is 0.0446. The van der Waals surface area contributed by atoms with Gasteiger partial charge < -0.3 is 15.3 Å². The zero-order chi connectivity index (χ0) is 13.7. The van der Waals surface area contributed by atoms with Crippen molar-refractivity contribution in [2.75, 3.05) is 13.7 Å². The van der Waals surface area contributed by atoms with E-state index in [0.717, 1.165) is 17.1 Å². The van der Waals surface area contributed by atoms with Crippen LogP contribution in [0.25, 0.3) is 0 Å². The number of aliphatic hydroxyl groups excluding tert-OH is 1. The third kappa shape index (κ3) is 3.68. The molecule has 0 aliphatic carbocycles. The van der Waals surface area contributed by atoms with E-state index in [1.807, 2.05) is 19.2 Å². The number of aryl methyl sites for hydroxylation is 1. The SMILES string of the molecule is CCC(NC(=O)N(C)C(C)CO)c1nc(C)cs1. The lowest BCUT2D eigenvalue weighted by atomic mass is 10.2. The molecule has 2 N–H and O–H groups in total. The lowest BCUT2D eigenvalue weighted by molar-refractivity contribution is 0.154. The number of rotatable bonds is 5. The maximum absolute atomic E-state index is 12.0. The minimum Gasteiger partial charge on any atom is -0.394 e. The van der Waals surface area contributed by atoms with Crippen molar-refractivity contribution in [1.29, 1.82) is 0 Å². The Hall–Kier alpha value is -1.14. The molecule has 2 unspecified atom stereocenters. The Balaban J connectivity index is 2.66. The summed E-state index contributed by atoms with van der Waals surface area (Å²) in [4.78, 5) is 17.9. The molecule has 0 spiro atoms. The molecule has 6 heteroatoms. The van der Waals surface area contributed by atoms with Crippen molar-refractivity contribution in [3.05, 3.63) is 16.1 Å². The maximum Gasteiger partial charge on any atom is 0.318 e. The summed E-state index contributed by atoms with van der Waals surface area (Å²) >= 11 is 1.56. The molecule has 0 aliphatic heterocycles. The van der Waals surface area contributed by atoms with Gasteiger partial charge in [-0.3, -0.25) is 0 Å². The summed E-state index contributed by atoms with van der Waals surface area (Å²) in [5, 5.41) is 14.9. The van der Waals surface area contributed by atoms with Crippen LogP contribution in [0.2, 0.25) is 0 Å². The van der Waals surface area contributed by atoms with E-state index in [-0.39, 0.29) is 24.7 Å².